The van der Waals surface area contributed by atoms with Crippen molar-refractivity contribution in [2.45, 2.75) is 57.7 Å². The molecule has 0 unspecified atom stereocenters. The van der Waals surface area contributed by atoms with Crippen molar-refractivity contribution in [3.63, 3.8) is 0 Å². The maximum atomic E-state index is 12.4. The molecule has 0 aliphatic rings. The summed E-state index contributed by atoms with van der Waals surface area (Å²) < 4.78 is 29.9. The van der Waals surface area contributed by atoms with Gasteiger partial charge in [-0.3, -0.25) is 4.79 Å². The number of hydrogen-bond donors (Lipinski definition) is 1. The summed E-state index contributed by atoms with van der Waals surface area (Å²) in [5.74, 6) is 0.404. The van der Waals surface area contributed by atoms with E-state index < -0.39 is 9.84 Å². The van der Waals surface area contributed by atoms with Crippen LogP contribution in [0.4, 0.5) is 0 Å². The van der Waals surface area contributed by atoms with E-state index in [4.69, 9.17) is 4.74 Å². The standard InChI is InChI=1S/C18H29NO4S/c1-4-7-17(8-5-2)24(21,22)12-11-18(20)19-14-15-9-6-10-16(13-15)23-3/h6,9-10,13,17H,4-5,7-8,11-12,14H2,1-3H3,(H,19,20). The van der Waals surface area contributed by atoms with Crippen molar-refractivity contribution < 1.29 is 17.9 Å². The third-order valence-electron chi connectivity index (χ3n) is 3.97. The van der Waals surface area contributed by atoms with Crippen molar-refractivity contribution in [2.75, 3.05) is 12.9 Å². The lowest BCUT2D eigenvalue weighted by Gasteiger charge is -2.16. The first kappa shape index (κ1) is 20.5. The molecule has 0 aromatic heterocycles. The molecule has 0 aliphatic heterocycles. The number of amides is 1. The van der Waals surface area contributed by atoms with Gasteiger partial charge in [0.05, 0.1) is 18.1 Å². The highest BCUT2D eigenvalue weighted by Crippen LogP contribution is 2.16. The van der Waals surface area contributed by atoms with Gasteiger partial charge in [-0.2, -0.15) is 0 Å². The van der Waals surface area contributed by atoms with Crippen LogP contribution in [0.3, 0.4) is 0 Å². The van der Waals surface area contributed by atoms with Gasteiger partial charge in [-0.25, -0.2) is 8.42 Å². The first-order valence-electron chi connectivity index (χ1n) is 8.54. The average molecular weight is 356 g/mol. The molecule has 0 spiro atoms. The van der Waals surface area contributed by atoms with Crippen LogP contribution in [0.15, 0.2) is 24.3 Å². The van der Waals surface area contributed by atoms with Crippen molar-refractivity contribution >= 4 is 15.7 Å². The zero-order valence-corrected chi connectivity index (χ0v) is 15.7. The topological polar surface area (TPSA) is 72.5 Å². The first-order chi connectivity index (χ1) is 11.4. The lowest BCUT2D eigenvalue weighted by molar-refractivity contribution is -0.120. The lowest BCUT2D eigenvalue weighted by atomic mass is 10.2. The quantitative estimate of drug-likeness (QED) is 0.662. The van der Waals surface area contributed by atoms with E-state index in [1.165, 1.54) is 0 Å². The van der Waals surface area contributed by atoms with E-state index in [-0.39, 0.29) is 23.3 Å². The van der Waals surface area contributed by atoms with E-state index in [9.17, 15) is 13.2 Å². The molecule has 0 fully saturated rings. The maximum absolute atomic E-state index is 12.4. The lowest BCUT2D eigenvalue weighted by Crippen LogP contribution is -2.29. The zero-order valence-electron chi connectivity index (χ0n) is 14.9. The highest BCUT2D eigenvalue weighted by molar-refractivity contribution is 7.92. The molecule has 1 N–H and O–H groups in total. The van der Waals surface area contributed by atoms with Gasteiger partial charge in [0.1, 0.15) is 5.75 Å². The van der Waals surface area contributed by atoms with Gasteiger partial charge in [-0.15, -0.1) is 0 Å². The summed E-state index contributed by atoms with van der Waals surface area (Å²) in [6.45, 7) is 4.33. The molecule has 0 bridgehead atoms. The molecule has 1 aromatic carbocycles. The summed E-state index contributed by atoms with van der Waals surface area (Å²) in [6, 6.07) is 7.41. The molecule has 24 heavy (non-hydrogen) atoms. The van der Waals surface area contributed by atoms with E-state index >= 15 is 0 Å². The number of benzene rings is 1. The Bertz CT molecular complexity index is 607. The highest BCUT2D eigenvalue weighted by atomic mass is 32.2. The Morgan fingerprint density at radius 1 is 1.21 bits per heavy atom. The van der Waals surface area contributed by atoms with E-state index in [1.54, 1.807) is 7.11 Å². The Kier molecular flexibility index (Phi) is 8.82. The third-order valence-corrected chi connectivity index (χ3v) is 6.23. The Morgan fingerprint density at radius 2 is 1.88 bits per heavy atom. The molecule has 5 nitrogen and oxygen atoms in total. The number of hydrogen-bond acceptors (Lipinski definition) is 4. The molecule has 0 atom stereocenters. The molecule has 0 saturated carbocycles. The van der Waals surface area contributed by atoms with Gasteiger partial charge in [0.2, 0.25) is 5.91 Å². The average Bonchev–Trinajstić information content (AvgIpc) is 2.58. The molecular formula is C18H29NO4S. The molecule has 0 aliphatic carbocycles. The number of ether oxygens (including phenoxy) is 1. The van der Waals surface area contributed by atoms with Gasteiger partial charge in [0.15, 0.2) is 9.84 Å². The van der Waals surface area contributed by atoms with Crippen LogP contribution in [0.25, 0.3) is 0 Å². The van der Waals surface area contributed by atoms with Crippen LogP contribution in [0.1, 0.15) is 51.5 Å². The van der Waals surface area contributed by atoms with Crippen molar-refractivity contribution in [1.82, 2.24) is 5.32 Å². The second-order valence-electron chi connectivity index (χ2n) is 5.94. The second-order valence-corrected chi connectivity index (χ2v) is 8.35. The van der Waals surface area contributed by atoms with Crippen LogP contribution < -0.4 is 10.1 Å². The fraction of sp³-hybridized carbons (Fsp3) is 0.611. The fourth-order valence-corrected chi connectivity index (χ4v) is 4.61. The van der Waals surface area contributed by atoms with E-state index in [0.717, 1.165) is 24.2 Å². The van der Waals surface area contributed by atoms with Gasteiger partial charge in [-0.05, 0) is 30.5 Å². The molecule has 1 aromatic rings. The fourth-order valence-electron chi connectivity index (χ4n) is 2.62. The Hall–Kier alpha value is -1.56. The number of carbonyl (C=O) groups excluding carboxylic acids is 1. The smallest absolute Gasteiger partial charge is 0.221 e. The van der Waals surface area contributed by atoms with Gasteiger partial charge >= 0.3 is 0 Å². The number of carbonyl (C=O) groups is 1. The number of sulfone groups is 1. The Balaban J connectivity index is 2.49. The van der Waals surface area contributed by atoms with Gasteiger partial charge in [0, 0.05) is 13.0 Å². The zero-order chi connectivity index (χ0) is 18.0. The predicted octanol–water partition coefficient (Wildman–Crippen LogP) is 3.09. The summed E-state index contributed by atoms with van der Waals surface area (Å²) in [5.41, 5.74) is 0.917. The number of nitrogens with one attached hydrogen (secondary N) is 1. The van der Waals surface area contributed by atoms with Crippen LogP contribution in [0, 0.1) is 0 Å². The van der Waals surface area contributed by atoms with Crippen molar-refractivity contribution in [3.8, 4) is 5.75 Å². The van der Waals surface area contributed by atoms with Crippen LogP contribution >= 0.6 is 0 Å². The molecule has 0 heterocycles. The summed E-state index contributed by atoms with van der Waals surface area (Å²) >= 11 is 0. The molecule has 136 valence electrons. The van der Waals surface area contributed by atoms with Crippen molar-refractivity contribution in [2.24, 2.45) is 0 Å². The Labute approximate surface area is 145 Å². The summed E-state index contributed by atoms with van der Waals surface area (Å²) in [6.07, 6.45) is 3.03. The largest absolute Gasteiger partial charge is 0.497 e. The van der Waals surface area contributed by atoms with E-state index in [2.05, 4.69) is 5.32 Å². The van der Waals surface area contributed by atoms with E-state index in [0.29, 0.717) is 19.4 Å². The SMILES string of the molecule is CCCC(CCC)S(=O)(=O)CCC(=O)NCc1cccc(OC)c1. The molecule has 1 rings (SSSR count). The van der Waals surface area contributed by atoms with Crippen LogP contribution in [-0.4, -0.2) is 32.4 Å². The normalized spacial score (nSPS) is 11.5. The summed E-state index contributed by atoms with van der Waals surface area (Å²) in [4.78, 5) is 11.9. The predicted molar refractivity (Wildman–Crippen MR) is 96.8 cm³/mol. The maximum Gasteiger partial charge on any atom is 0.221 e. The minimum absolute atomic E-state index is 0.0101. The summed E-state index contributed by atoms with van der Waals surface area (Å²) in [7, 11) is -1.63. The van der Waals surface area contributed by atoms with Crippen molar-refractivity contribution in [1.29, 1.82) is 0 Å². The molecule has 6 heteroatoms. The third kappa shape index (κ3) is 6.91. The minimum Gasteiger partial charge on any atom is -0.497 e. The molecular weight excluding hydrogens is 326 g/mol. The van der Waals surface area contributed by atoms with Gasteiger partial charge in [-0.1, -0.05) is 38.8 Å². The monoisotopic (exact) mass is 355 g/mol. The molecule has 1 amide bonds. The van der Waals surface area contributed by atoms with Crippen LogP contribution in [0.5, 0.6) is 5.75 Å². The van der Waals surface area contributed by atoms with E-state index in [1.807, 2.05) is 38.1 Å². The first-order valence-corrected chi connectivity index (χ1v) is 10.3. The van der Waals surface area contributed by atoms with Crippen LogP contribution in [-0.2, 0) is 21.2 Å². The minimum atomic E-state index is -3.22. The number of rotatable bonds is 11. The molecule has 0 radical (unpaired) electrons. The second kappa shape index (κ2) is 10.3. The Morgan fingerprint density at radius 3 is 2.46 bits per heavy atom. The van der Waals surface area contributed by atoms with Gasteiger partial charge < -0.3 is 10.1 Å². The van der Waals surface area contributed by atoms with Crippen LogP contribution in [0.2, 0.25) is 0 Å². The summed E-state index contributed by atoms with van der Waals surface area (Å²) in [5, 5.41) is 2.45. The number of methoxy groups -OCH3 is 1. The van der Waals surface area contributed by atoms with Gasteiger partial charge in [0.25, 0.3) is 0 Å². The molecule has 0 saturated heterocycles. The highest BCUT2D eigenvalue weighted by Gasteiger charge is 2.24. The van der Waals surface area contributed by atoms with Crippen molar-refractivity contribution in [3.05, 3.63) is 29.8 Å².